The third kappa shape index (κ3) is 3.38. The topological polar surface area (TPSA) is 29.1 Å². The van der Waals surface area contributed by atoms with Gasteiger partial charge in [0.1, 0.15) is 5.82 Å². The molecular formula is C15H12BrClFNO. The molecule has 2 aromatic rings. The zero-order chi connectivity index (χ0) is 14.7. The average Bonchev–Trinajstić information content (AvgIpc) is 2.37. The Morgan fingerprint density at radius 2 is 2.10 bits per heavy atom. The van der Waals surface area contributed by atoms with Crippen molar-refractivity contribution in [2.24, 2.45) is 0 Å². The van der Waals surface area contributed by atoms with Gasteiger partial charge in [-0.3, -0.25) is 4.79 Å². The monoisotopic (exact) mass is 355 g/mol. The van der Waals surface area contributed by atoms with E-state index in [0.29, 0.717) is 6.54 Å². The van der Waals surface area contributed by atoms with Gasteiger partial charge in [-0.1, -0.05) is 39.7 Å². The summed E-state index contributed by atoms with van der Waals surface area (Å²) in [6.07, 6.45) is 0. The number of carbonyl (C=O) groups is 1. The standard InChI is InChI=1S/C15H12BrClFNO/c1-9-7-11(16)6-5-10(9)8-19-15(20)14-12(17)3-2-4-13(14)18/h2-7H,8H2,1H3,(H,19,20). The summed E-state index contributed by atoms with van der Waals surface area (Å²) in [5, 5.41) is 2.79. The number of aryl methyl sites for hydroxylation is 1. The van der Waals surface area contributed by atoms with Crippen LogP contribution in [0, 0.1) is 12.7 Å². The number of carbonyl (C=O) groups excluding carboxylic acids is 1. The number of halogens is 3. The van der Waals surface area contributed by atoms with Crippen molar-refractivity contribution in [3.63, 3.8) is 0 Å². The Kier molecular flexibility index (Phi) is 4.78. The molecule has 0 aliphatic heterocycles. The highest BCUT2D eigenvalue weighted by Gasteiger charge is 2.15. The molecule has 0 heterocycles. The van der Waals surface area contributed by atoms with Gasteiger partial charge in [-0.2, -0.15) is 0 Å². The lowest BCUT2D eigenvalue weighted by atomic mass is 10.1. The van der Waals surface area contributed by atoms with Crippen molar-refractivity contribution in [1.82, 2.24) is 5.32 Å². The maximum atomic E-state index is 13.6. The molecule has 0 unspecified atom stereocenters. The minimum Gasteiger partial charge on any atom is -0.348 e. The van der Waals surface area contributed by atoms with Crippen LogP contribution >= 0.6 is 27.5 Å². The van der Waals surface area contributed by atoms with E-state index >= 15 is 0 Å². The molecule has 0 atom stereocenters. The molecule has 1 N–H and O–H groups in total. The van der Waals surface area contributed by atoms with E-state index < -0.39 is 11.7 Å². The van der Waals surface area contributed by atoms with E-state index in [2.05, 4.69) is 21.2 Å². The van der Waals surface area contributed by atoms with Crippen molar-refractivity contribution < 1.29 is 9.18 Å². The minimum absolute atomic E-state index is 0.107. The van der Waals surface area contributed by atoms with Gasteiger partial charge >= 0.3 is 0 Å². The number of hydrogen-bond donors (Lipinski definition) is 1. The second-order valence-electron chi connectivity index (χ2n) is 4.35. The highest BCUT2D eigenvalue weighted by molar-refractivity contribution is 9.10. The van der Waals surface area contributed by atoms with E-state index in [1.54, 1.807) is 0 Å². The molecule has 0 saturated carbocycles. The van der Waals surface area contributed by atoms with E-state index in [0.717, 1.165) is 15.6 Å². The maximum Gasteiger partial charge on any atom is 0.256 e. The third-order valence-electron chi connectivity index (χ3n) is 2.93. The summed E-state index contributed by atoms with van der Waals surface area (Å²) in [4.78, 5) is 12.0. The van der Waals surface area contributed by atoms with Crippen molar-refractivity contribution in [2.75, 3.05) is 0 Å². The lowest BCUT2D eigenvalue weighted by molar-refractivity contribution is 0.0947. The predicted molar refractivity (Wildman–Crippen MR) is 81.5 cm³/mol. The summed E-state index contributed by atoms with van der Waals surface area (Å²) < 4.78 is 14.6. The summed E-state index contributed by atoms with van der Waals surface area (Å²) in [7, 11) is 0. The molecule has 1 amide bonds. The number of rotatable bonds is 3. The fourth-order valence-corrected chi connectivity index (χ4v) is 2.56. The first kappa shape index (κ1) is 15.0. The molecule has 0 aliphatic carbocycles. The van der Waals surface area contributed by atoms with Gasteiger partial charge in [0, 0.05) is 11.0 Å². The first-order chi connectivity index (χ1) is 9.49. The first-order valence-corrected chi connectivity index (χ1v) is 7.13. The van der Waals surface area contributed by atoms with Crippen molar-refractivity contribution in [2.45, 2.75) is 13.5 Å². The molecule has 2 rings (SSSR count). The minimum atomic E-state index is -0.623. The van der Waals surface area contributed by atoms with E-state index in [9.17, 15) is 9.18 Å². The van der Waals surface area contributed by atoms with Crippen molar-refractivity contribution >= 4 is 33.4 Å². The van der Waals surface area contributed by atoms with Gasteiger partial charge in [-0.25, -0.2) is 4.39 Å². The van der Waals surface area contributed by atoms with Crippen molar-refractivity contribution in [3.05, 3.63) is 68.4 Å². The lowest BCUT2D eigenvalue weighted by Crippen LogP contribution is -2.24. The van der Waals surface area contributed by atoms with Crippen LogP contribution in [0.25, 0.3) is 0 Å². The Hall–Kier alpha value is -1.39. The van der Waals surface area contributed by atoms with Gasteiger partial charge in [0.05, 0.1) is 10.6 Å². The Morgan fingerprint density at radius 1 is 1.35 bits per heavy atom. The Balaban J connectivity index is 2.13. The summed E-state index contributed by atoms with van der Waals surface area (Å²) in [6, 6.07) is 9.92. The molecule has 104 valence electrons. The van der Waals surface area contributed by atoms with Gasteiger partial charge in [-0.05, 0) is 42.3 Å². The lowest BCUT2D eigenvalue weighted by Gasteiger charge is -2.10. The Labute approximate surface area is 130 Å². The van der Waals surface area contributed by atoms with Crippen LogP contribution in [-0.2, 0) is 6.54 Å². The van der Waals surface area contributed by atoms with Crippen molar-refractivity contribution in [3.8, 4) is 0 Å². The molecular weight excluding hydrogens is 345 g/mol. The number of benzene rings is 2. The van der Waals surface area contributed by atoms with Crippen LogP contribution in [0.2, 0.25) is 5.02 Å². The van der Waals surface area contributed by atoms with E-state index in [1.807, 2.05) is 25.1 Å². The largest absolute Gasteiger partial charge is 0.348 e. The molecule has 2 aromatic carbocycles. The van der Waals surface area contributed by atoms with Gasteiger partial charge < -0.3 is 5.32 Å². The van der Waals surface area contributed by atoms with Gasteiger partial charge in [0.2, 0.25) is 0 Å². The zero-order valence-electron chi connectivity index (χ0n) is 10.7. The average molecular weight is 357 g/mol. The summed E-state index contributed by atoms with van der Waals surface area (Å²) in [5.41, 5.74) is 1.89. The summed E-state index contributed by atoms with van der Waals surface area (Å²) in [6.45, 7) is 2.27. The summed E-state index contributed by atoms with van der Waals surface area (Å²) in [5.74, 6) is -1.14. The summed E-state index contributed by atoms with van der Waals surface area (Å²) >= 11 is 9.23. The zero-order valence-corrected chi connectivity index (χ0v) is 13.1. The van der Waals surface area contributed by atoms with Crippen LogP contribution in [0.15, 0.2) is 40.9 Å². The molecule has 2 nitrogen and oxygen atoms in total. The maximum absolute atomic E-state index is 13.6. The van der Waals surface area contributed by atoms with Crippen LogP contribution in [0.3, 0.4) is 0 Å². The van der Waals surface area contributed by atoms with Crippen molar-refractivity contribution in [1.29, 1.82) is 0 Å². The molecule has 0 fully saturated rings. The quantitative estimate of drug-likeness (QED) is 0.863. The molecule has 0 spiro atoms. The molecule has 5 heteroatoms. The highest BCUT2D eigenvalue weighted by Crippen LogP contribution is 2.19. The van der Waals surface area contributed by atoms with Crippen LogP contribution in [0.4, 0.5) is 4.39 Å². The molecule has 20 heavy (non-hydrogen) atoms. The highest BCUT2D eigenvalue weighted by atomic mass is 79.9. The molecule has 0 aliphatic rings. The number of nitrogens with one attached hydrogen (secondary N) is 1. The Morgan fingerprint density at radius 3 is 2.75 bits per heavy atom. The van der Waals surface area contributed by atoms with Crippen LogP contribution in [0.5, 0.6) is 0 Å². The number of hydrogen-bond acceptors (Lipinski definition) is 1. The normalized spacial score (nSPS) is 10.4. The van der Waals surface area contributed by atoms with Gasteiger partial charge in [-0.15, -0.1) is 0 Å². The molecule has 0 bridgehead atoms. The van der Waals surface area contributed by atoms with Crippen LogP contribution in [0.1, 0.15) is 21.5 Å². The van der Waals surface area contributed by atoms with E-state index in [4.69, 9.17) is 11.6 Å². The second kappa shape index (κ2) is 6.37. The molecule has 0 aromatic heterocycles. The number of amides is 1. The predicted octanol–water partition coefficient (Wildman–Crippen LogP) is 4.48. The van der Waals surface area contributed by atoms with Crippen LogP contribution < -0.4 is 5.32 Å². The van der Waals surface area contributed by atoms with Gasteiger partial charge in [0.25, 0.3) is 5.91 Å². The van der Waals surface area contributed by atoms with E-state index in [1.165, 1.54) is 18.2 Å². The fraction of sp³-hybridized carbons (Fsp3) is 0.133. The van der Waals surface area contributed by atoms with E-state index in [-0.39, 0.29) is 10.6 Å². The Bertz CT molecular complexity index is 640. The SMILES string of the molecule is Cc1cc(Br)ccc1CNC(=O)c1c(F)cccc1Cl. The molecule has 0 radical (unpaired) electrons. The van der Waals surface area contributed by atoms with Gasteiger partial charge in [0.15, 0.2) is 0 Å². The smallest absolute Gasteiger partial charge is 0.256 e. The van der Waals surface area contributed by atoms with Crippen LogP contribution in [-0.4, -0.2) is 5.91 Å². The fourth-order valence-electron chi connectivity index (χ4n) is 1.84. The third-order valence-corrected chi connectivity index (χ3v) is 3.74. The second-order valence-corrected chi connectivity index (χ2v) is 5.67. The molecule has 0 saturated heterocycles. The first-order valence-electron chi connectivity index (χ1n) is 5.96.